The van der Waals surface area contributed by atoms with E-state index in [0.29, 0.717) is 11.9 Å². The zero-order valence-electron chi connectivity index (χ0n) is 10.0. The summed E-state index contributed by atoms with van der Waals surface area (Å²) < 4.78 is 1.46. The SMILES string of the molecule is CC1CC(Nc2nn(C)cc2[N+](=O)[O-])CCN1. The summed E-state index contributed by atoms with van der Waals surface area (Å²) in [6.45, 7) is 3.04. The van der Waals surface area contributed by atoms with Gasteiger partial charge in [-0.05, 0) is 26.3 Å². The number of aromatic nitrogens is 2. The molecule has 0 spiro atoms. The standard InChI is InChI=1S/C10H17N5O2/c1-7-5-8(3-4-11-7)12-10-9(15(16)17)6-14(2)13-10/h6-8,11H,3-5H2,1-2H3,(H,12,13). The van der Waals surface area contributed by atoms with Crippen LogP contribution in [0.3, 0.4) is 0 Å². The third-order valence-electron chi connectivity index (χ3n) is 2.97. The molecule has 2 N–H and O–H groups in total. The van der Waals surface area contributed by atoms with Crippen LogP contribution in [-0.4, -0.2) is 33.3 Å². The number of anilines is 1. The highest BCUT2D eigenvalue weighted by atomic mass is 16.6. The Labute approximate surface area is 99.3 Å². The van der Waals surface area contributed by atoms with Gasteiger partial charge in [-0.15, -0.1) is 5.10 Å². The second kappa shape index (κ2) is 4.70. The van der Waals surface area contributed by atoms with Crippen molar-refractivity contribution < 1.29 is 4.92 Å². The van der Waals surface area contributed by atoms with Crippen LogP contribution in [0.25, 0.3) is 0 Å². The fourth-order valence-corrected chi connectivity index (χ4v) is 2.17. The molecule has 0 aromatic carbocycles. The molecule has 0 saturated carbocycles. The minimum atomic E-state index is -0.403. The van der Waals surface area contributed by atoms with Gasteiger partial charge in [-0.1, -0.05) is 0 Å². The van der Waals surface area contributed by atoms with Crippen molar-refractivity contribution in [2.75, 3.05) is 11.9 Å². The predicted octanol–water partition coefficient (Wildman–Crippen LogP) is 0.881. The molecule has 1 aromatic heterocycles. The van der Waals surface area contributed by atoms with Gasteiger partial charge in [0.2, 0.25) is 5.82 Å². The maximum Gasteiger partial charge on any atom is 0.330 e. The minimum Gasteiger partial charge on any atom is -0.360 e. The largest absolute Gasteiger partial charge is 0.360 e. The first kappa shape index (κ1) is 11.8. The number of aryl methyl sites for hydroxylation is 1. The first-order valence-corrected chi connectivity index (χ1v) is 5.74. The average Bonchev–Trinajstić information content (AvgIpc) is 2.59. The van der Waals surface area contributed by atoms with Crippen LogP contribution in [0.1, 0.15) is 19.8 Å². The smallest absolute Gasteiger partial charge is 0.330 e. The molecule has 1 saturated heterocycles. The van der Waals surface area contributed by atoms with Crippen molar-refractivity contribution in [1.29, 1.82) is 0 Å². The summed E-state index contributed by atoms with van der Waals surface area (Å²) in [7, 11) is 1.68. The van der Waals surface area contributed by atoms with Crippen molar-refractivity contribution in [1.82, 2.24) is 15.1 Å². The second-order valence-electron chi connectivity index (χ2n) is 4.51. The Kier molecular flexibility index (Phi) is 3.28. The van der Waals surface area contributed by atoms with Gasteiger partial charge in [0, 0.05) is 19.1 Å². The molecular formula is C10H17N5O2. The van der Waals surface area contributed by atoms with E-state index in [9.17, 15) is 10.1 Å². The number of piperidine rings is 1. The van der Waals surface area contributed by atoms with Gasteiger partial charge in [-0.25, -0.2) is 0 Å². The molecule has 17 heavy (non-hydrogen) atoms. The molecule has 0 amide bonds. The monoisotopic (exact) mass is 239 g/mol. The Hall–Kier alpha value is -1.63. The van der Waals surface area contributed by atoms with E-state index in [-0.39, 0.29) is 11.7 Å². The number of hydrogen-bond donors (Lipinski definition) is 2. The average molecular weight is 239 g/mol. The first-order chi connectivity index (χ1) is 8.06. The molecule has 2 rings (SSSR count). The van der Waals surface area contributed by atoms with Crippen LogP contribution in [0.15, 0.2) is 6.20 Å². The molecule has 7 nitrogen and oxygen atoms in total. The van der Waals surface area contributed by atoms with Crippen LogP contribution in [0.5, 0.6) is 0 Å². The van der Waals surface area contributed by atoms with E-state index in [4.69, 9.17) is 0 Å². The lowest BCUT2D eigenvalue weighted by Gasteiger charge is -2.28. The van der Waals surface area contributed by atoms with Crippen LogP contribution < -0.4 is 10.6 Å². The van der Waals surface area contributed by atoms with Gasteiger partial charge >= 0.3 is 5.69 Å². The van der Waals surface area contributed by atoms with Crippen molar-refractivity contribution in [3.63, 3.8) is 0 Å². The Morgan fingerprint density at radius 3 is 3.12 bits per heavy atom. The minimum absolute atomic E-state index is 0.0404. The highest BCUT2D eigenvalue weighted by Gasteiger charge is 2.24. The Morgan fingerprint density at radius 2 is 2.47 bits per heavy atom. The number of hydrogen-bond acceptors (Lipinski definition) is 5. The molecule has 1 aliphatic rings. The van der Waals surface area contributed by atoms with Gasteiger partial charge < -0.3 is 10.6 Å². The van der Waals surface area contributed by atoms with Gasteiger partial charge in [0.05, 0.1) is 4.92 Å². The molecule has 2 unspecified atom stereocenters. The number of nitrogens with zero attached hydrogens (tertiary/aromatic N) is 3. The third kappa shape index (κ3) is 2.73. The molecule has 2 atom stereocenters. The van der Waals surface area contributed by atoms with Gasteiger partial charge in [-0.3, -0.25) is 14.8 Å². The lowest BCUT2D eigenvalue weighted by Crippen LogP contribution is -2.41. The quantitative estimate of drug-likeness (QED) is 0.604. The predicted molar refractivity (Wildman–Crippen MR) is 64.0 cm³/mol. The topological polar surface area (TPSA) is 85.0 Å². The van der Waals surface area contributed by atoms with Gasteiger partial charge in [-0.2, -0.15) is 0 Å². The highest BCUT2D eigenvalue weighted by molar-refractivity contribution is 5.55. The first-order valence-electron chi connectivity index (χ1n) is 5.74. The van der Waals surface area contributed by atoms with Crippen molar-refractivity contribution in [2.24, 2.45) is 7.05 Å². The van der Waals surface area contributed by atoms with Crippen molar-refractivity contribution >= 4 is 11.5 Å². The van der Waals surface area contributed by atoms with E-state index in [1.54, 1.807) is 7.05 Å². The summed E-state index contributed by atoms with van der Waals surface area (Å²) in [6.07, 6.45) is 3.33. The molecule has 2 heterocycles. The maximum atomic E-state index is 10.8. The van der Waals surface area contributed by atoms with Crippen molar-refractivity contribution in [3.8, 4) is 0 Å². The molecule has 7 heteroatoms. The summed E-state index contributed by atoms with van der Waals surface area (Å²) in [5, 5.41) is 21.4. The van der Waals surface area contributed by atoms with E-state index in [1.165, 1.54) is 10.9 Å². The van der Waals surface area contributed by atoms with Crippen LogP contribution in [0.4, 0.5) is 11.5 Å². The van der Waals surface area contributed by atoms with E-state index in [1.807, 2.05) is 0 Å². The van der Waals surface area contributed by atoms with Crippen LogP contribution in [0.2, 0.25) is 0 Å². The summed E-state index contributed by atoms with van der Waals surface area (Å²) in [4.78, 5) is 10.4. The molecule has 1 fully saturated rings. The van der Waals surface area contributed by atoms with E-state index >= 15 is 0 Å². The van der Waals surface area contributed by atoms with E-state index in [0.717, 1.165) is 19.4 Å². The number of nitro groups is 1. The van der Waals surface area contributed by atoms with Gasteiger partial charge in [0.25, 0.3) is 0 Å². The Bertz CT molecular complexity index is 417. The summed E-state index contributed by atoms with van der Waals surface area (Å²) in [6, 6.07) is 0.684. The fraction of sp³-hybridized carbons (Fsp3) is 0.700. The molecule has 1 aromatic rings. The summed E-state index contributed by atoms with van der Waals surface area (Å²) in [5.41, 5.74) is 0.0404. The van der Waals surface area contributed by atoms with Crippen molar-refractivity contribution in [2.45, 2.75) is 31.8 Å². The van der Waals surface area contributed by atoms with Gasteiger partial charge in [0.15, 0.2) is 0 Å². The fourth-order valence-electron chi connectivity index (χ4n) is 2.17. The Morgan fingerprint density at radius 1 is 1.71 bits per heavy atom. The normalized spacial score (nSPS) is 24.6. The lowest BCUT2D eigenvalue weighted by molar-refractivity contribution is -0.384. The van der Waals surface area contributed by atoms with E-state index in [2.05, 4.69) is 22.7 Å². The maximum absolute atomic E-state index is 10.8. The highest BCUT2D eigenvalue weighted by Crippen LogP contribution is 2.24. The molecular weight excluding hydrogens is 222 g/mol. The molecule has 0 aliphatic carbocycles. The second-order valence-corrected chi connectivity index (χ2v) is 4.51. The Balaban J connectivity index is 2.09. The lowest BCUT2D eigenvalue weighted by atomic mass is 10.0. The van der Waals surface area contributed by atoms with Gasteiger partial charge in [0.1, 0.15) is 6.20 Å². The molecule has 0 radical (unpaired) electrons. The van der Waals surface area contributed by atoms with Crippen LogP contribution in [0, 0.1) is 10.1 Å². The summed E-state index contributed by atoms with van der Waals surface area (Å²) >= 11 is 0. The molecule has 1 aliphatic heterocycles. The van der Waals surface area contributed by atoms with E-state index < -0.39 is 4.92 Å². The van der Waals surface area contributed by atoms with Crippen LogP contribution >= 0.6 is 0 Å². The third-order valence-corrected chi connectivity index (χ3v) is 2.97. The summed E-state index contributed by atoms with van der Waals surface area (Å²) in [5.74, 6) is 0.372. The number of rotatable bonds is 3. The molecule has 0 bridgehead atoms. The zero-order valence-corrected chi connectivity index (χ0v) is 10.0. The van der Waals surface area contributed by atoms with Crippen molar-refractivity contribution in [3.05, 3.63) is 16.3 Å². The zero-order chi connectivity index (χ0) is 12.4. The van der Waals surface area contributed by atoms with Crippen LogP contribution in [-0.2, 0) is 7.05 Å². The molecule has 94 valence electrons. The number of nitrogens with one attached hydrogen (secondary N) is 2.